The summed E-state index contributed by atoms with van der Waals surface area (Å²) in [5, 5.41) is 0. The predicted octanol–water partition coefficient (Wildman–Crippen LogP) is 2.17. The summed E-state index contributed by atoms with van der Waals surface area (Å²) < 4.78 is 15.6. The van der Waals surface area contributed by atoms with Crippen LogP contribution in [0.1, 0.15) is 5.56 Å². The summed E-state index contributed by atoms with van der Waals surface area (Å²) in [6.07, 6.45) is -0.852. The molecule has 25 heavy (non-hydrogen) atoms. The molecule has 3 rings (SSSR count). The van der Waals surface area contributed by atoms with Crippen molar-refractivity contribution in [1.29, 1.82) is 0 Å². The van der Waals surface area contributed by atoms with Crippen molar-refractivity contribution in [3.63, 3.8) is 0 Å². The van der Waals surface area contributed by atoms with Crippen LogP contribution in [0.15, 0.2) is 54.6 Å². The summed E-state index contributed by atoms with van der Waals surface area (Å²) in [7, 11) is 2.86. The molecule has 2 atom stereocenters. The van der Waals surface area contributed by atoms with Crippen LogP contribution < -0.4 is 9.64 Å². The van der Waals surface area contributed by atoms with Crippen molar-refractivity contribution in [2.75, 3.05) is 19.1 Å². The number of hydrogen-bond donors (Lipinski definition) is 0. The molecule has 1 amide bonds. The minimum atomic E-state index is -0.852. The molecule has 0 aromatic heterocycles. The maximum atomic E-state index is 12.5. The minimum absolute atomic E-state index is 0.251. The van der Waals surface area contributed by atoms with Gasteiger partial charge in [-0.05, 0) is 29.8 Å². The number of anilines is 1. The SMILES string of the molecule is COC(=O)[C@H]1[C@@H](OCc2ccccc2)C(=O)N1c1ccc(OC)cc1. The molecule has 2 aromatic rings. The van der Waals surface area contributed by atoms with Gasteiger partial charge in [-0.25, -0.2) is 4.79 Å². The summed E-state index contributed by atoms with van der Waals surface area (Å²) in [5.74, 6) is -0.104. The van der Waals surface area contributed by atoms with Gasteiger partial charge in [0, 0.05) is 5.69 Å². The van der Waals surface area contributed by atoms with Crippen LogP contribution >= 0.6 is 0 Å². The van der Waals surface area contributed by atoms with Crippen LogP contribution in [-0.4, -0.2) is 38.2 Å². The zero-order chi connectivity index (χ0) is 17.8. The second-order valence-corrected chi connectivity index (χ2v) is 5.59. The van der Waals surface area contributed by atoms with E-state index in [0.29, 0.717) is 11.4 Å². The van der Waals surface area contributed by atoms with Crippen LogP contribution in [0.25, 0.3) is 0 Å². The molecular formula is C19H19NO5. The largest absolute Gasteiger partial charge is 0.497 e. The first-order valence-electron chi connectivity index (χ1n) is 7.86. The Labute approximate surface area is 145 Å². The average molecular weight is 341 g/mol. The average Bonchev–Trinajstić information content (AvgIpc) is 2.66. The van der Waals surface area contributed by atoms with E-state index in [9.17, 15) is 9.59 Å². The number of ether oxygens (including phenoxy) is 3. The highest BCUT2D eigenvalue weighted by atomic mass is 16.5. The second kappa shape index (κ2) is 7.36. The van der Waals surface area contributed by atoms with Crippen molar-refractivity contribution in [3.8, 4) is 5.75 Å². The van der Waals surface area contributed by atoms with E-state index in [1.54, 1.807) is 31.4 Å². The van der Waals surface area contributed by atoms with Gasteiger partial charge >= 0.3 is 5.97 Å². The smallest absolute Gasteiger partial charge is 0.332 e. The molecule has 1 heterocycles. The minimum Gasteiger partial charge on any atom is -0.497 e. The number of esters is 1. The second-order valence-electron chi connectivity index (χ2n) is 5.59. The van der Waals surface area contributed by atoms with E-state index >= 15 is 0 Å². The van der Waals surface area contributed by atoms with Crippen LogP contribution in [0.2, 0.25) is 0 Å². The number of nitrogens with zero attached hydrogens (tertiary/aromatic N) is 1. The van der Waals surface area contributed by atoms with Gasteiger partial charge in [-0.15, -0.1) is 0 Å². The van der Waals surface area contributed by atoms with E-state index < -0.39 is 18.1 Å². The molecule has 0 N–H and O–H groups in total. The van der Waals surface area contributed by atoms with Crippen LogP contribution in [0.5, 0.6) is 5.75 Å². The Balaban J connectivity index is 1.76. The van der Waals surface area contributed by atoms with Gasteiger partial charge in [0.05, 0.1) is 20.8 Å². The molecule has 130 valence electrons. The Kier molecular flexibility index (Phi) is 5.00. The van der Waals surface area contributed by atoms with E-state index in [4.69, 9.17) is 14.2 Å². The number of carbonyl (C=O) groups excluding carboxylic acids is 2. The van der Waals surface area contributed by atoms with E-state index in [0.717, 1.165) is 5.56 Å². The summed E-state index contributed by atoms with van der Waals surface area (Å²) in [5.41, 5.74) is 1.53. The van der Waals surface area contributed by atoms with Crippen LogP contribution in [-0.2, 0) is 25.7 Å². The fourth-order valence-electron chi connectivity index (χ4n) is 2.77. The topological polar surface area (TPSA) is 65.1 Å². The zero-order valence-electron chi connectivity index (χ0n) is 14.0. The highest BCUT2D eigenvalue weighted by Gasteiger charge is 2.54. The molecule has 2 aromatic carbocycles. The van der Waals surface area contributed by atoms with E-state index in [-0.39, 0.29) is 12.5 Å². The fraction of sp³-hybridized carbons (Fsp3) is 0.263. The first-order chi connectivity index (χ1) is 12.2. The molecule has 0 aliphatic carbocycles. The first kappa shape index (κ1) is 17.0. The Morgan fingerprint density at radius 3 is 2.32 bits per heavy atom. The van der Waals surface area contributed by atoms with Crippen LogP contribution in [0, 0.1) is 0 Å². The third-order valence-corrected chi connectivity index (χ3v) is 4.11. The van der Waals surface area contributed by atoms with Gasteiger partial charge in [0.1, 0.15) is 5.75 Å². The van der Waals surface area contributed by atoms with Crippen molar-refractivity contribution in [1.82, 2.24) is 0 Å². The van der Waals surface area contributed by atoms with Crippen molar-refractivity contribution >= 4 is 17.6 Å². The highest BCUT2D eigenvalue weighted by Crippen LogP contribution is 2.32. The summed E-state index contributed by atoms with van der Waals surface area (Å²) in [6, 6.07) is 15.6. The number of hydrogen-bond acceptors (Lipinski definition) is 5. The lowest BCUT2D eigenvalue weighted by atomic mass is 9.96. The molecule has 0 saturated carbocycles. The van der Waals surface area contributed by atoms with Crippen molar-refractivity contribution in [2.45, 2.75) is 18.8 Å². The van der Waals surface area contributed by atoms with Gasteiger partial charge in [-0.3, -0.25) is 9.69 Å². The third kappa shape index (κ3) is 3.34. The monoisotopic (exact) mass is 341 g/mol. The number of methoxy groups -OCH3 is 2. The van der Waals surface area contributed by atoms with Gasteiger partial charge in [-0.2, -0.15) is 0 Å². The van der Waals surface area contributed by atoms with Crippen LogP contribution in [0.3, 0.4) is 0 Å². The van der Waals surface area contributed by atoms with Crippen molar-refractivity contribution in [3.05, 3.63) is 60.2 Å². The molecule has 0 bridgehead atoms. The normalized spacial score (nSPS) is 19.3. The summed E-state index contributed by atoms with van der Waals surface area (Å²) in [6.45, 7) is 0.251. The molecule has 1 aliphatic rings. The number of amides is 1. The van der Waals surface area contributed by atoms with Gasteiger partial charge in [0.2, 0.25) is 0 Å². The molecule has 0 radical (unpaired) electrons. The number of rotatable bonds is 6. The molecule has 6 heteroatoms. The lowest BCUT2D eigenvalue weighted by Gasteiger charge is -2.44. The van der Waals surface area contributed by atoms with Gasteiger partial charge in [-0.1, -0.05) is 30.3 Å². The molecule has 1 fully saturated rings. The predicted molar refractivity (Wildman–Crippen MR) is 91.3 cm³/mol. The number of benzene rings is 2. The number of β-lactam (4-membered cyclic amide) rings is 1. The third-order valence-electron chi connectivity index (χ3n) is 4.11. The molecule has 0 spiro atoms. The molecular weight excluding hydrogens is 322 g/mol. The summed E-state index contributed by atoms with van der Waals surface area (Å²) in [4.78, 5) is 26.1. The molecule has 1 saturated heterocycles. The lowest BCUT2D eigenvalue weighted by molar-refractivity contribution is -0.161. The maximum Gasteiger partial charge on any atom is 0.332 e. The highest BCUT2D eigenvalue weighted by molar-refractivity contribution is 6.12. The Hall–Kier alpha value is -2.86. The van der Waals surface area contributed by atoms with Gasteiger partial charge < -0.3 is 14.2 Å². The Morgan fingerprint density at radius 2 is 1.72 bits per heavy atom. The van der Waals surface area contributed by atoms with Gasteiger partial charge in [0.25, 0.3) is 5.91 Å². The molecule has 0 unspecified atom stereocenters. The van der Waals surface area contributed by atoms with Gasteiger partial charge in [0.15, 0.2) is 12.1 Å². The van der Waals surface area contributed by atoms with Crippen molar-refractivity contribution in [2.24, 2.45) is 0 Å². The lowest BCUT2D eigenvalue weighted by Crippen LogP contribution is -2.69. The zero-order valence-corrected chi connectivity index (χ0v) is 14.0. The molecule has 1 aliphatic heterocycles. The van der Waals surface area contributed by atoms with E-state index in [1.165, 1.54) is 12.0 Å². The Morgan fingerprint density at radius 1 is 1.04 bits per heavy atom. The standard InChI is InChI=1S/C19H19NO5/c1-23-15-10-8-14(9-11-15)20-16(19(22)24-2)17(18(20)21)25-12-13-6-4-3-5-7-13/h3-11,16-17H,12H2,1-2H3/t16-,17-/m1/s1. The maximum absolute atomic E-state index is 12.5. The molecule has 6 nitrogen and oxygen atoms in total. The fourth-order valence-corrected chi connectivity index (χ4v) is 2.77. The number of carbonyl (C=O) groups is 2. The van der Waals surface area contributed by atoms with E-state index in [2.05, 4.69) is 0 Å². The first-order valence-corrected chi connectivity index (χ1v) is 7.86. The van der Waals surface area contributed by atoms with E-state index in [1.807, 2.05) is 30.3 Å². The quantitative estimate of drug-likeness (QED) is 0.595. The summed E-state index contributed by atoms with van der Waals surface area (Å²) >= 11 is 0. The Bertz CT molecular complexity index is 744. The van der Waals surface area contributed by atoms with Crippen molar-refractivity contribution < 1.29 is 23.8 Å². The van der Waals surface area contributed by atoms with Crippen LogP contribution in [0.4, 0.5) is 5.69 Å².